The van der Waals surface area contributed by atoms with Crippen LogP contribution in [0.4, 0.5) is 4.39 Å². The first-order valence-corrected chi connectivity index (χ1v) is 5.23. The molecule has 1 aromatic rings. The van der Waals surface area contributed by atoms with Gasteiger partial charge in [-0.15, -0.1) is 0 Å². The fourth-order valence-corrected chi connectivity index (χ4v) is 1.67. The molecule has 0 radical (unpaired) electrons. The van der Waals surface area contributed by atoms with E-state index in [0.717, 1.165) is 17.7 Å². The summed E-state index contributed by atoms with van der Waals surface area (Å²) in [6.45, 7) is 6.51. The van der Waals surface area contributed by atoms with Gasteiger partial charge in [0.15, 0.2) is 0 Å². The van der Waals surface area contributed by atoms with Crippen LogP contribution in [0.2, 0.25) is 0 Å². The summed E-state index contributed by atoms with van der Waals surface area (Å²) in [5, 5.41) is 13.1. The molecule has 0 aliphatic rings. The molecule has 3 heteroatoms. The van der Waals surface area contributed by atoms with Crippen molar-refractivity contribution in [1.29, 1.82) is 0 Å². The summed E-state index contributed by atoms with van der Waals surface area (Å²) in [5.41, 5.74) is 1.57. The summed E-state index contributed by atoms with van der Waals surface area (Å²) in [5.74, 6) is -0.264. The Balaban J connectivity index is 2.86. The topological polar surface area (TPSA) is 32.3 Å². The van der Waals surface area contributed by atoms with E-state index in [0.29, 0.717) is 0 Å². The number of nitrogens with one attached hydrogen (secondary N) is 1. The Morgan fingerprint density at radius 2 is 2.13 bits per heavy atom. The van der Waals surface area contributed by atoms with Crippen LogP contribution < -0.4 is 5.32 Å². The second-order valence-electron chi connectivity index (χ2n) is 3.79. The van der Waals surface area contributed by atoms with Gasteiger partial charge in [0.2, 0.25) is 0 Å². The second-order valence-corrected chi connectivity index (χ2v) is 3.79. The zero-order valence-electron chi connectivity index (χ0n) is 9.42. The van der Waals surface area contributed by atoms with E-state index in [1.807, 2.05) is 13.8 Å². The van der Waals surface area contributed by atoms with Crippen LogP contribution in [0.25, 0.3) is 0 Å². The van der Waals surface area contributed by atoms with E-state index < -0.39 is 6.10 Å². The predicted octanol–water partition coefficient (Wildman–Crippen LogP) is 2.17. The van der Waals surface area contributed by atoms with Crippen molar-refractivity contribution in [2.24, 2.45) is 0 Å². The number of halogens is 1. The lowest BCUT2D eigenvalue weighted by molar-refractivity contribution is 0.136. The Labute approximate surface area is 90.1 Å². The lowest BCUT2D eigenvalue weighted by Crippen LogP contribution is -2.32. The van der Waals surface area contributed by atoms with Crippen LogP contribution in [-0.2, 0) is 0 Å². The van der Waals surface area contributed by atoms with Gasteiger partial charge in [0.25, 0.3) is 0 Å². The van der Waals surface area contributed by atoms with Gasteiger partial charge in [-0.3, -0.25) is 0 Å². The molecule has 15 heavy (non-hydrogen) atoms. The number of aliphatic hydroxyl groups excluding tert-OH is 1. The number of aliphatic hydroxyl groups is 1. The van der Waals surface area contributed by atoms with Crippen LogP contribution in [0.15, 0.2) is 18.2 Å². The van der Waals surface area contributed by atoms with E-state index in [1.54, 1.807) is 13.0 Å². The highest BCUT2D eigenvalue weighted by Crippen LogP contribution is 2.21. The zero-order chi connectivity index (χ0) is 11.4. The molecule has 0 aliphatic heterocycles. The van der Waals surface area contributed by atoms with Crippen molar-refractivity contribution in [3.8, 4) is 0 Å². The van der Waals surface area contributed by atoms with Gasteiger partial charge in [-0.25, -0.2) is 4.39 Å². The standard InChI is InChI=1S/C12H18FNO/c1-4-14-9(3)12(15)11-6-5-10(13)7-8(11)2/h5-7,9,12,14-15H,4H2,1-3H3. The number of likely N-dealkylation sites (N-methyl/N-ethyl adjacent to an activating group) is 1. The van der Waals surface area contributed by atoms with E-state index in [2.05, 4.69) is 5.32 Å². The van der Waals surface area contributed by atoms with E-state index in [-0.39, 0.29) is 11.9 Å². The highest BCUT2D eigenvalue weighted by Gasteiger charge is 2.17. The Morgan fingerprint density at radius 1 is 1.47 bits per heavy atom. The fourth-order valence-electron chi connectivity index (χ4n) is 1.67. The molecule has 0 saturated carbocycles. The number of hydrogen-bond donors (Lipinski definition) is 2. The molecule has 2 atom stereocenters. The second kappa shape index (κ2) is 5.24. The lowest BCUT2D eigenvalue weighted by atomic mass is 9.99. The van der Waals surface area contributed by atoms with Crippen molar-refractivity contribution in [3.05, 3.63) is 35.1 Å². The third kappa shape index (κ3) is 3.01. The molecule has 0 saturated heterocycles. The first-order chi connectivity index (χ1) is 7.06. The van der Waals surface area contributed by atoms with E-state index in [1.165, 1.54) is 12.1 Å². The van der Waals surface area contributed by atoms with E-state index in [9.17, 15) is 9.50 Å². The molecule has 0 bridgehead atoms. The first-order valence-electron chi connectivity index (χ1n) is 5.23. The van der Waals surface area contributed by atoms with Crippen molar-refractivity contribution in [1.82, 2.24) is 5.32 Å². The number of aryl methyl sites for hydroxylation is 1. The summed E-state index contributed by atoms with van der Waals surface area (Å²) < 4.78 is 12.9. The van der Waals surface area contributed by atoms with Gasteiger partial charge in [0, 0.05) is 6.04 Å². The predicted molar refractivity (Wildman–Crippen MR) is 59.2 cm³/mol. The molecule has 0 heterocycles. The van der Waals surface area contributed by atoms with Gasteiger partial charge in [0.1, 0.15) is 5.82 Å². The van der Waals surface area contributed by atoms with Gasteiger partial charge >= 0.3 is 0 Å². The Hall–Kier alpha value is -0.930. The van der Waals surface area contributed by atoms with E-state index in [4.69, 9.17) is 0 Å². The molecule has 1 aromatic carbocycles. The molecule has 0 aliphatic carbocycles. The van der Waals surface area contributed by atoms with Crippen molar-refractivity contribution in [3.63, 3.8) is 0 Å². The van der Waals surface area contributed by atoms with Crippen molar-refractivity contribution in [2.75, 3.05) is 6.54 Å². The van der Waals surface area contributed by atoms with Gasteiger partial charge in [-0.2, -0.15) is 0 Å². The smallest absolute Gasteiger partial charge is 0.123 e. The van der Waals surface area contributed by atoms with E-state index >= 15 is 0 Å². The molecular formula is C12H18FNO. The normalized spacial score (nSPS) is 15.0. The Bertz CT molecular complexity index is 327. The molecule has 84 valence electrons. The summed E-state index contributed by atoms with van der Waals surface area (Å²) in [6.07, 6.45) is -0.592. The van der Waals surface area contributed by atoms with Crippen molar-refractivity contribution < 1.29 is 9.50 Å². The Kier molecular flexibility index (Phi) is 4.24. The SMILES string of the molecule is CCNC(C)C(O)c1ccc(F)cc1C. The minimum absolute atomic E-state index is 0.0286. The minimum atomic E-state index is -0.592. The highest BCUT2D eigenvalue weighted by atomic mass is 19.1. The number of benzene rings is 1. The molecule has 0 fully saturated rings. The Morgan fingerprint density at radius 3 is 2.67 bits per heavy atom. The third-order valence-electron chi connectivity index (χ3n) is 2.55. The van der Waals surface area contributed by atoms with Crippen LogP contribution in [0.1, 0.15) is 31.1 Å². The fraction of sp³-hybridized carbons (Fsp3) is 0.500. The summed E-state index contributed by atoms with van der Waals surface area (Å²) in [4.78, 5) is 0. The maximum Gasteiger partial charge on any atom is 0.123 e. The van der Waals surface area contributed by atoms with Crippen LogP contribution in [0, 0.1) is 12.7 Å². The zero-order valence-corrected chi connectivity index (χ0v) is 9.42. The first kappa shape index (κ1) is 12.1. The molecule has 0 spiro atoms. The minimum Gasteiger partial charge on any atom is -0.387 e. The molecular weight excluding hydrogens is 193 g/mol. The highest BCUT2D eigenvalue weighted by molar-refractivity contribution is 5.29. The van der Waals surface area contributed by atoms with Crippen LogP contribution in [0.5, 0.6) is 0 Å². The third-order valence-corrected chi connectivity index (χ3v) is 2.55. The van der Waals surface area contributed by atoms with Crippen LogP contribution >= 0.6 is 0 Å². The summed E-state index contributed by atoms with van der Waals surface area (Å²) in [6, 6.07) is 4.43. The largest absolute Gasteiger partial charge is 0.387 e. The van der Waals surface area contributed by atoms with Gasteiger partial charge in [-0.05, 0) is 43.7 Å². The lowest BCUT2D eigenvalue weighted by Gasteiger charge is -2.21. The van der Waals surface area contributed by atoms with Crippen LogP contribution in [0.3, 0.4) is 0 Å². The van der Waals surface area contributed by atoms with Crippen molar-refractivity contribution in [2.45, 2.75) is 32.9 Å². The molecule has 1 rings (SSSR count). The van der Waals surface area contributed by atoms with Gasteiger partial charge in [0.05, 0.1) is 6.10 Å². The van der Waals surface area contributed by atoms with Gasteiger partial charge in [-0.1, -0.05) is 13.0 Å². The summed E-state index contributed by atoms with van der Waals surface area (Å²) >= 11 is 0. The average Bonchev–Trinajstić information content (AvgIpc) is 2.17. The number of rotatable bonds is 4. The summed E-state index contributed by atoms with van der Waals surface area (Å²) in [7, 11) is 0. The number of hydrogen-bond acceptors (Lipinski definition) is 2. The molecule has 2 nitrogen and oxygen atoms in total. The maximum atomic E-state index is 12.9. The molecule has 2 unspecified atom stereocenters. The quantitative estimate of drug-likeness (QED) is 0.800. The maximum absolute atomic E-state index is 12.9. The van der Waals surface area contributed by atoms with Crippen LogP contribution in [-0.4, -0.2) is 17.7 Å². The molecule has 0 amide bonds. The average molecular weight is 211 g/mol. The van der Waals surface area contributed by atoms with Gasteiger partial charge < -0.3 is 10.4 Å². The molecule has 0 aromatic heterocycles. The molecule has 2 N–H and O–H groups in total. The monoisotopic (exact) mass is 211 g/mol. The van der Waals surface area contributed by atoms with Crippen molar-refractivity contribution >= 4 is 0 Å².